The van der Waals surface area contributed by atoms with Gasteiger partial charge in [0.05, 0.1) is 5.56 Å². The summed E-state index contributed by atoms with van der Waals surface area (Å²) < 4.78 is 5.91. The van der Waals surface area contributed by atoms with Gasteiger partial charge in [0, 0.05) is 16.8 Å². The normalized spacial score (nSPS) is 18.6. The van der Waals surface area contributed by atoms with E-state index in [1.54, 1.807) is 6.07 Å². The Kier molecular flexibility index (Phi) is 4.77. The molecule has 2 N–H and O–H groups in total. The number of halogens is 1. The highest BCUT2D eigenvalue weighted by Crippen LogP contribution is 2.26. The number of carbonyl (C=O) groups excluding carboxylic acids is 1. The van der Waals surface area contributed by atoms with Crippen LogP contribution in [0.3, 0.4) is 0 Å². The topological polar surface area (TPSA) is 75.6 Å². The Morgan fingerprint density at radius 1 is 1.40 bits per heavy atom. The van der Waals surface area contributed by atoms with Crippen molar-refractivity contribution in [3.63, 3.8) is 0 Å². The second kappa shape index (κ2) is 6.37. The lowest BCUT2D eigenvalue weighted by Crippen LogP contribution is -2.33. The maximum Gasteiger partial charge on any atom is 0.336 e. The van der Waals surface area contributed by atoms with Gasteiger partial charge in [-0.1, -0.05) is 0 Å². The summed E-state index contributed by atoms with van der Waals surface area (Å²) in [5.74, 6) is -1.26. The van der Waals surface area contributed by atoms with Crippen LogP contribution < -0.4 is 5.32 Å². The largest absolute Gasteiger partial charge is 0.478 e. The molecule has 0 aromatic heterocycles. The molecule has 0 saturated carbocycles. The Hall–Kier alpha value is -1.40. The average molecular weight is 342 g/mol. The lowest BCUT2D eigenvalue weighted by atomic mass is 10.1. The van der Waals surface area contributed by atoms with E-state index in [-0.39, 0.29) is 11.5 Å². The fourth-order valence-corrected chi connectivity index (χ4v) is 2.76. The van der Waals surface area contributed by atoms with Gasteiger partial charge in [0.1, 0.15) is 6.10 Å². The van der Waals surface area contributed by atoms with Gasteiger partial charge in [0.25, 0.3) is 5.91 Å². The van der Waals surface area contributed by atoms with Crippen LogP contribution in [0.5, 0.6) is 0 Å². The van der Waals surface area contributed by atoms with Crippen LogP contribution in [0.25, 0.3) is 0 Å². The summed E-state index contributed by atoms with van der Waals surface area (Å²) >= 11 is 3.21. The number of hydrogen-bond donors (Lipinski definition) is 2. The minimum absolute atomic E-state index is 0.121. The molecule has 1 fully saturated rings. The van der Waals surface area contributed by atoms with Gasteiger partial charge >= 0.3 is 5.97 Å². The van der Waals surface area contributed by atoms with Gasteiger partial charge in [0.15, 0.2) is 0 Å². The Labute approximate surface area is 125 Å². The quantitative estimate of drug-likeness (QED) is 0.886. The van der Waals surface area contributed by atoms with E-state index in [4.69, 9.17) is 9.84 Å². The van der Waals surface area contributed by atoms with Gasteiger partial charge in [-0.3, -0.25) is 4.79 Å². The highest BCUT2D eigenvalue weighted by Gasteiger charge is 2.23. The number of aromatic carboxylic acids is 1. The smallest absolute Gasteiger partial charge is 0.336 e. The monoisotopic (exact) mass is 341 g/mol. The van der Waals surface area contributed by atoms with E-state index in [1.165, 1.54) is 6.07 Å². The minimum Gasteiger partial charge on any atom is -0.478 e. The number of anilines is 1. The Morgan fingerprint density at radius 2 is 2.15 bits per heavy atom. The van der Waals surface area contributed by atoms with Crippen molar-refractivity contribution in [3.8, 4) is 0 Å². The Balaban J connectivity index is 2.18. The van der Waals surface area contributed by atoms with Crippen LogP contribution in [0.4, 0.5) is 5.69 Å². The van der Waals surface area contributed by atoms with Crippen LogP contribution in [0, 0.1) is 6.92 Å². The third-order valence-corrected chi connectivity index (χ3v) is 3.93. The van der Waals surface area contributed by atoms with Crippen molar-refractivity contribution in [1.82, 2.24) is 0 Å². The molecular formula is C14H16BrNO4. The summed E-state index contributed by atoms with van der Waals surface area (Å²) in [6.07, 6.45) is 2.20. The summed E-state index contributed by atoms with van der Waals surface area (Å²) in [5.41, 5.74) is 1.42. The fraction of sp³-hybridized carbons (Fsp3) is 0.429. The summed E-state index contributed by atoms with van der Waals surface area (Å²) in [6, 6.07) is 3.14. The van der Waals surface area contributed by atoms with Gasteiger partial charge in [0.2, 0.25) is 0 Å². The van der Waals surface area contributed by atoms with Crippen LogP contribution in [0.15, 0.2) is 16.6 Å². The second-order valence-electron chi connectivity index (χ2n) is 4.80. The summed E-state index contributed by atoms with van der Waals surface area (Å²) in [5, 5.41) is 11.9. The second-order valence-corrected chi connectivity index (χ2v) is 5.65. The number of ether oxygens (including phenoxy) is 1. The standard InChI is InChI=1S/C14H16BrNO4/c1-8-6-10(15)9(14(18)19)7-11(8)16-13(17)12-4-2-3-5-20-12/h6-7,12H,2-5H2,1H3,(H,16,17)(H,18,19)/t12-/m1/s1. The molecule has 0 bridgehead atoms. The van der Waals surface area contributed by atoms with E-state index in [9.17, 15) is 9.59 Å². The number of carbonyl (C=O) groups is 2. The number of rotatable bonds is 3. The minimum atomic E-state index is -1.04. The zero-order valence-electron chi connectivity index (χ0n) is 11.1. The highest BCUT2D eigenvalue weighted by molar-refractivity contribution is 9.10. The van der Waals surface area contributed by atoms with Crippen molar-refractivity contribution in [2.45, 2.75) is 32.3 Å². The van der Waals surface area contributed by atoms with Crippen molar-refractivity contribution >= 4 is 33.5 Å². The summed E-state index contributed by atoms with van der Waals surface area (Å²) in [4.78, 5) is 23.2. The molecule has 108 valence electrons. The van der Waals surface area contributed by atoms with E-state index in [0.717, 1.165) is 18.4 Å². The van der Waals surface area contributed by atoms with Crippen LogP contribution in [0.2, 0.25) is 0 Å². The van der Waals surface area contributed by atoms with Crippen molar-refractivity contribution in [1.29, 1.82) is 0 Å². The predicted octanol–water partition coefficient (Wildman–Crippen LogP) is 2.96. The fourth-order valence-electron chi connectivity index (χ4n) is 2.13. The molecule has 0 spiro atoms. The molecule has 1 aliphatic heterocycles. The number of hydrogen-bond acceptors (Lipinski definition) is 3. The molecule has 1 amide bonds. The Morgan fingerprint density at radius 3 is 2.75 bits per heavy atom. The maximum atomic E-state index is 12.1. The first-order valence-electron chi connectivity index (χ1n) is 6.45. The Bertz CT molecular complexity index is 538. The third kappa shape index (κ3) is 3.37. The number of carboxylic acid groups (broad SMARTS) is 1. The van der Waals surface area contributed by atoms with Gasteiger partial charge in [-0.05, 0) is 59.8 Å². The first kappa shape index (κ1) is 15.0. The zero-order valence-corrected chi connectivity index (χ0v) is 12.7. The van der Waals surface area contributed by atoms with E-state index in [2.05, 4.69) is 21.2 Å². The van der Waals surface area contributed by atoms with Crippen molar-refractivity contribution < 1.29 is 19.4 Å². The summed E-state index contributed by atoms with van der Waals surface area (Å²) in [6.45, 7) is 2.41. The van der Waals surface area contributed by atoms with Crippen LogP contribution in [-0.2, 0) is 9.53 Å². The molecular weight excluding hydrogens is 326 g/mol. The van der Waals surface area contributed by atoms with Gasteiger partial charge in [-0.2, -0.15) is 0 Å². The van der Waals surface area contributed by atoms with Crippen LogP contribution >= 0.6 is 15.9 Å². The molecule has 6 heteroatoms. The van der Waals surface area contributed by atoms with Crippen molar-refractivity contribution in [2.24, 2.45) is 0 Å². The molecule has 1 aromatic rings. The van der Waals surface area contributed by atoms with E-state index >= 15 is 0 Å². The predicted molar refractivity (Wildman–Crippen MR) is 78.1 cm³/mol. The molecule has 1 saturated heterocycles. The van der Waals surface area contributed by atoms with E-state index in [0.29, 0.717) is 23.2 Å². The first-order chi connectivity index (χ1) is 9.49. The lowest BCUT2D eigenvalue weighted by molar-refractivity contribution is -0.129. The number of amides is 1. The number of benzene rings is 1. The first-order valence-corrected chi connectivity index (χ1v) is 7.24. The zero-order chi connectivity index (χ0) is 14.7. The lowest BCUT2D eigenvalue weighted by Gasteiger charge is -2.22. The molecule has 5 nitrogen and oxygen atoms in total. The molecule has 2 rings (SSSR count). The van der Waals surface area contributed by atoms with Gasteiger partial charge in [-0.25, -0.2) is 4.79 Å². The SMILES string of the molecule is Cc1cc(Br)c(C(=O)O)cc1NC(=O)[C@H]1CCCCO1. The molecule has 0 aliphatic carbocycles. The molecule has 1 aliphatic rings. The van der Waals surface area contributed by atoms with Crippen molar-refractivity contribution in [2.75, 3.05) is 11.9 Å². The third-order valence-electron chi connectivity index (χ3n) is 3.27. The van der Waals surface area contributed by atoms with Crippen LogP contribution in [0.1, 0.15) is 35.2 Å². The molecule has 0 radical (unpaired) electrons. The number of aryl methyl sites for hydroxylation is 1. The maximum absolute atomic E-state index is 12.1. The van der Waals surface area contributed by atoms with Crippen molar-refractivity contribution in [3.05, 3.63) is 27.7 Å². The van der Waals surface area contributed by atoms with E-state index < -0.39 is 12.1 Å². The summed E-state index contributed by atoms with van der Waals surface area (Å²) in [7, 11) is 0. The molecule has 0 unspecified atom stereocenters. The van der Waals surface area contributed by atoms with Crippen LogP contribution in [-0.4, -0.2) is 29.7 Å². The molecule has 20 heavy (non-hydrogen) atoms. The molecule has 1 atom stereocenters. The molecule has 1 heterocycles. The van der Waals surface area contributed by atoms with Gasteiger partial charge < -0.3 is 15.2 Å². The molecule has 1 aromatic carbocycles. The van der Waals surface area contributed by atoms with E-state index in [1.807, 2.05) is 6.92 Å². The number of carboxylic acids is 1. The van der Waals surface area contributed by atoms with Gasteiger partial charge in [-0.15, -0.1) is 0 Å². The highest BCUT2D eigenvalue weighted by atomic mass is 79.9. The average Bonchev–Trinajstić information content (AvgIpc) is 2.42. The number of nitrogens with one attached hydrogen (secondary N) is 1.